The molecule has 0 saturated carbocycles. The van der Waals surface area contributed by atoms with Crippen molar-refractivity contribution in [3.8, 4) is 11.8 Å². The van der Waals surface area contributed by atoms with Gasteiger partial charge in [-0.15, -0.1) is 0 Å². The number of nitrogens with zero attached hydrogens (tertiary/aromatic N) is 2. The third-order valence-corrected chi connectivity index (χ3v) is 2.34. The Bertz CT molecular complexity index is 468. The minimum atomic E-state index is -0.556. The molecule has 0 N–H and O–H groups in total. The molecule has 96 valence electrons. The molecule has 0 spiro atoms. The summed E-state index contributed by atoms with van der Waals surface area (Å²) in [6.07, 6.45) is 0.435. The first kappa shape index (κ1) is 13.9. The zero-order chi connectivity index (χ0) is 13.5. The van der Waals surface area contributed by atoms with E-state index in [1.165, 1.54) is 18.2 Å². The second-order valence-corrected chi connectivity index (χ2v) is 3.76. The van der Waals surface area contributed by atoms with Crippen LogP contribution in [0, 0.1) is 21.4 Å². The summed E-state index contributed by atoms with van der Waals surface area (Å²) in [6, 6.07) is 6.00. The molecule has 1 aromatic rings. The smallest absolute Gasteiger partial charge is 0.312 e. The highest BCUT2D eigenvalue weighted by Gasteiger charge is 2.18. The van der Waals surface area contributed by atoms with Gasteiger partial charge in [0.25, 0.3) is 0 Å². The van der Waals surface area contributed by atoms with E-state index in [2.05, 4.69) is 0 Å². The molecule has 6 heteroatoms. The lowest BCUT2D eigenvalue weighted by molar-refractivity contribution is -0.386. The van der Waals surface area contributed by atoms with Gasteiger partial charge in [-0.3, -0.25) is 10.1 Å². The summed E-state index contributed by atoms with van der Waals surface area (Å²) in [6.45, 7) is 2.33. The van der Waals surface area contributed by atoms with E-state index in [9.17, 15) is 10.1 Å². The average Bonchev–Trinajstić information content (AvgIpc) is 2.36. The van der Waals surface area contributed by atoms with Crippen LogP contribution in [-0.4, -0.2) is 24.7 Å². The number of nitro benzene ring substituents is 1. The van der Waals surface area contributed by atoms with Crippen molar-refractivity contribution in [2.24, 2.45) is 0 Å². The summed E-state index contributed by atoms with van der Waals surface area (Å²) in [5.41, 5.74) is 0.0388. The van der Waals surface area contributed by atoms with Crippen LogP contribution in [0.15, 0.2) is 18.2 Å². The van der Waals surface area contributed by atoms with E-state index in [-0.39, 0.29) is 23.1 Å². The van der Waals surface area contributed by atoms with Gasteiger partial charge in [-0.05, 0) is 19.1 Å². The number of nitro groups is 1. The molecule has 1 aromatic carbocycles. The van der Waals surface area contributed by atoms with Gasteiger partial charge in [-0.1, -0.05) is 0 Å². The highest BCUT2D eigenvalue weighted by atomic mass is 16.6. The van der Waals surface area contributed by atoms with Crippen molar-refractivity contribution >= 4 is 5.69 Å². The van der Waals surface area contributed by atoms with E-state index in [0.717, 1.165) is 0 Å². The SMILES string of the molecule is COCCC(C)Oc1ccc(C#N)cc1[N+](=O)[O-]. The first-order valence-electron chi connectivity index (χ1n) is 5.42. The van der Waals surface area contributed by atoms with Gasteiger partial charge in [-0.25, -0.2) is 0 Å². The van der Waals surface area contributed by atoms with Crippen molar-refractivity contribution in [1.29, 1.82) is 5.26 Å². The highest BCUT2D eigenvalue weighted by molar-refractivity contribution is 5.51. The minimum Gasteiger partial charge on any atom is -0.484 e. The third kappa shape index (κ3) is 3.71. The van der Waals surface area contributed by atoms with E-state index in [0.29, 0.717) is 13.0 Å². The van der Waals surface area contributed by atoms with Crippen molar-refractivity contribution in [3.05, 3.63) is 33.9 Å². The van der Waals surface area contributed by atoms with Crippen molar-refractivity contribution in [1.82, 2.24) is 0 Å². The van der Waals surface area contributed by atoms with Crippen molar-refractivity contribution in [2.45, 2.75) is 19.4 Å². The molecule has 0 aliphatic rings. The number of hydrogen-bond donors (Lipinski definition) is 0. The normalized spacial score (nSPS) is 11.6. The molecule has 0 heterocycles. The summed E-state index contributed by atoms with van der Waals surface area (Å²) in [7, 11) is 1.58. The van der Waals surface area contributed by atoms with Crippen LogP contribution >= 0.6 is 0 Å². The van der Waals surface area contributed by atoms with Crippen molar-refractivity contribution in [2.75, 3.05) is 13.7 Å². The third-order valence-electron chi connectivity index (χ3n) is 2.34. The molecular weight excluding hydrogens is 236 g/mol. The fourth-order valence-corrected chi connectivity index (χ4v) is 1.39. The number of benzene rings is 1. The molecule has 1 atom stereocenters. The van der Waals surface area contributed by atoms with Crippen LogP contribution < -0.4 is 4.74 Å². The van der Waals surface area contributed by atoms with Gasteiger partial charge in [0.2, 0.25) is 0 Å². The molecule has 1 rings (SSSR count). The highest BCUT2D eigenvalue weighted by Crippen LogP contribution is 2.28. The van der Waals surface area contributed by atoms with Gasteiger partial charge in [0, 0.05) is 26.2 Å². The first-order chi connectivity index (χ1) is 8.58. The molecule has 0 saturated heterocycles. The molecule has 0 aliphatic heterocycles. The Hall–Kier alpha value is -2.13. The van der Waals surface area contributed by atoms with E-state index in [1.807, 2.05) is 6.07 Å². The molecular formula is C12H14N2O4. The predicted octanol–water partition coefficient (Wildman–Crippen LogP) is 2.27. The van der Waals surface area contributed by atoms with Gasteiger partial charge in [0.15, 0.2) is 5.75 Å². The Labute approximate surface area is 105 Å². The number of nitriles is 1. The predicted molar refractivity (Wildman–Crippen MR) is 64.4 cm³/mol. The first-order valence-corrected chi connectivity index (χ1v) is 5.42. The van der Waals surface area contributed by atoms with Gasteiger partial charge < -0.3 is 9.47 Å². The maximum Gasteiger partial charge on any atom is 0.312 e. The minimum absolute atomic E-state index is 0.169. The number of ether oxygens (including phenoxy) is 2. The second-order valence-electron chi connectivity index (χ2n) is 3.76. The summed E-state index contributed by atoms with van der Waals surface area (Å²) >= 11 is 0. The van der Waals surface area contributed by atoms with E-state index < -0.39 is 4.92 Å². The van der Waals surface area contributed by atoms with Gasteiger partial charge in [-0.2, -0.15) is 5.26 Å². The van der Waals surface area contributed by atoms with Crippen LogP contribution in [-0.2, 0) is 4.74 Å². The number of rotatable bonds is 6. The van der Waals surface area contributed by atoms with Crippen LogP contribution in [0.5, 0.6) is 5.75 Å². The molecule has 0 bridgehead atoms. The summed E-state index contributed by atoms with van der Waals surface area (Å²) in [5.74, 6) is 0.169. The monoisotopic (exact) mass is 250 g/mol. The van der Waals surface area contributed by atoms with Crippen LogP contribution in [0.2, 0.25) is 0 Å². The molecule has 6 nitrogen and oxygen atoms in total. The molecule has 0 aromatic heterocycles. The Morgan fingerprint density at radius 1 is 1.56 bits per heavy atom. The number of methoxy groups -OCH3 is 1. The van der Waals surface area contributed by atoms with Gasteiger partial charge >= 0.3 is 5.69 Å². The quantitative estimate of drug-likeness (QED) is 0.571. The van der Waals surface area contributed by atoms with Gasteiger partial charge in [0.05, 0.1) is 22.7 Å². The van der Waals surface area contributed by atoms with E-state index >= 15 is 0 Å². The summed E-state index contributed by atoms with van der Waals surface area (Å²) in [4.78, 5) is 10.3. The Morgan fingerprint density at radius 2 is 2.28 bits per heavy atom. The lowest BCUT2D eigenvalue weighted by Crippen LogP contribution is -2.15. The molecule has 1 unspecified atom stereocenters. The fourth-order valence-electron chi connectivity index (χ4n) is 1.39. The maximum atomic E-state index is 10.9. The summed E-state index contributed by atoms with van der Waals surface area (Å²) < 4.78 is 10.4. The Balaban J connectivity index is 2.88. The fraction of sp³-hybridized carbons (Fsp3) is 0.417. The van der Waals surface area contributed by atoms with Gasteiger partial charge in [0.1, 0.15) is 0 Å². The number of hydrogen-bond acceptors (Lipinski definition) is 5. The van der Waals surface area contributed by atoms with Crippen molar-refractivity contribution < 1.29 is 14.4 Å². The van der Waals surface area contributed by atoms with Crippen LogP contribution in [0.1, 0.15) is 18.9 Å². The average molecular weight is 250 g/mol. The zero-order valence-corrected chi connectivity index (χ0v) is 10.3. The molecule has 18 heavy (non-hydrogen) atoms. The largest absolute Gasteiger partial charge is 0.484 e. The van der Waals surface area contributed by atoms with E-state index in [1.54, 1.807) is 14.0 Å². The van der Waals surface area contributed by atoms with Crippen LogP contribution in [0.3, 0.4) is 0 Å². The van der Waals surface area contributed by atoms with Crippen molar-refractivity contribution in [3.63, 3.8) is 0 Å². The maximum absolute atomic E-state index is 10.9. The lowest BCUT2D eigenvalue weighted by Gasteiger charge is -2.14. The lowest BCUT2D eigenvalue weighted by atomic mass is 10.2. The van der Waals surface area contributed by atoms with Crippen LogP contribution in [0.4, 0.5) is 5.69 Å². The molecule has 0 fully saturated rings. The van der Waals surface area contributed by atoms with Crippen LogP contribution in [0.25, 0.3) is 0 Å². The van der Waals surface area contributed by atoms with E-state index in [4.69, 9.17) is 14.7 Å². The topological polar surface area (TPSA) is 85.4 Å². The standard InChI is InChI=1S/C12H14N2O4/c1-9(5-6-17-2)18-12-4-3-10(8-13)7-11(12)14(15)16/h3-4,7,9H,5-6H2,1-2H3. The summed E-state index contributed by atoms with van der Waals surface area (Å²) in [5, 5.41) is 19.6. The molecule has 0 amide bonds. The molecule has 0 aliphatic carbocycles. The second kappa shape index (κ2) is 6.57. The Morgan fingerprint density at radius 3 is 2.83 bits per heavy atom. The molecule has 0 radical (unpaired) electrons. The zero-order valence-electron chi connectivity index (χ0n) is 10.3. The Kier molecular flexibility index (Phi) is 5.08.